The van der Waals surface area contributed by atoms with Gasteiger partial charge in [-0.1, -0.05) is 38.1 Å². The van der Waals surface area contributed by atoms with E-state index in [1.807, 2.05) is 12.1 Å². The maximum atomic E-state index is 10.7. The average molecular weight is 291 g/mol. The van der Waals surface area contributed by atoms with Crippen molar-refractivity contribution in [2.24, 2.45) is 5.92 Å². The molecule has 0 aromatic heterocycles. The summed E-state index contributed by atoms with van der Waals surface area (Å²) < 4.78 is 5.80. The van der Waals surface area contributed by atoms with Gasteiger partial charge in [-0.05, 0) is 37.3 Å². The molecule has 1 saturated heterocycles. The van der Waals surface area contributed by atoms with Gasteiger partial charge in [0.15, 0.2) is 0 Å². The Hall–Kier alpha value is -0.900. The highest BCUT2D eigenvalue weighted by Crippen LogP contribution is 2.24. The van der Waals surface area contributed by atoms with Crippen LogP contribution in [0.4, 0.5) is 0 Å². The maximum absolute atomic E-state index is 10.7. The summed E-state index contributed by atoms with van der Waals surface area (Å²) in [6.07, 6.45) is 0.374. The van der Waals surface area contributed by atoms with E-state index in [-0.39, 0.29) is 6.10 Å². The van der Waals surface area contributed by atoms with Crippen LogP contribution in [0.5, 0.6) is 0 Å². The van der Waals surface area contributed by atoms with E-state index in [0.717, 1.165) is 25.1 Å². The van der Waals surface area contributed by atoms with E-state index in [9.17, 15) is 5.11 Å². The minimum atomic E-state index is -0.543. The first-order valence-corrected chi connectivity index (χ1v) is 8.10. The van der Waals surface area contributed by atoms with E-state index < -0.39 is 6.10 Å². The van der Waals surface area contributed by atoms with E-state index >= 15 is 0 Å². The zero-order chi connectivity index (χ0) is 15.4. The van der Waals surface area contributed by atoms with E-state index in [4.69, 9.17) is 4.74 Å². The van der Waals surface area contributed by atoms with Crippen molar-refractivity contribution >= 4 is 0 Å². The van der Waals surface area contributed by atoms with Crippen LogP contribution in [-0.2, 0) is 11.2 Å². The molecule has 1 aromatic carbocycles. The van der Waals surface area contributed by atoms with Gasteiger partial charge in [0, 0.05) is 19.1 Å². The second-order valence-corrected chi connectivity index (χ2v) is 6.79. The van der Waals surface area contributed by atoms with Crippen molar-refractivity contribution in [3.05, 3.63) is 35.4 Å². The zero-order valence-corrected chi connectivity index (χ0v) is 13.7. The van der Waals surface area contributed by atoms with Crippen molar-refractivity contribution in [2.45, 2.75) is 52.4 Å². The Bertz CT molecular complexity index is 445. The Balaban J connectivity index is 2.06. The average Bonchev–Trinajstić information content (AvgIpc) is 2.46. The van der Waals surface area contributed by atoms with Crippen molar-refractivity contribution in [3.8, 4) is 0 Å². The Morgan fingerprint density at radius 3 is 2.71 bits per heavy atom. The molecule has 0 spiro atoms. The van der Waals surface area contributed by atoms with Crippen LogP contribution in [0.2, 0.25) is 0 Å². The number of hydrogen-bond acceptors (Lipinski definition) is 3. The summed E-state index contributed by atoms with van der Waals surface area (Å²) in [5.41, 5.74) is 2.27. The quantitative estimate of drug-likeness (QED) is 0.905. The summed E-state index contributed by atoms with van der Waals surface area (Å²) in [4.78, 5) is 2.37. The summed E-state index contributed by atoms with van der Waals surface area (Å²) >= 11 is 0. The standard InChI is InChI=1S/C18H29NO2/c1-13(2)10-15-6-5-7-16(11-15)18(20)17-12-19(14(3)4)8-9-21-17/h5-7,11,13-14,17-18,20H,8-10,12H2,1-4H3. The van der Waals surface area contributed by atoms with Crippen LogP contribution in [0, 0.1) is 5.92 Å². The smallest absolute Gasteiger partial charge is 0.106 e. The van der Waals surface area contributed by atoms with Crippen molar-refractivity contribution in [1.29, 1.82) is 0 Å². The third-order valence-electron chi connectivity index (χ3n) is 4.14. The molecule has 1 aliphatic rings. The second-order valence-electron chi connectivity index (χ2n) is 6.79. The number of nitrogens with zero attached hydrogens (tertiary/aromatic N) is 1. The highest BCUT2D eigenvalue weighted by Gasteiger charge is 2.29. The predicted octanol–water partition coefficient (Wildman–Crippen LogP) is 3.03. The van der Waals surface area contributed by atoms with Crippen LogP contribution in [0.3, 0.4) is 0 Å². The van der Waals surface area contributed by atoms with Gasteiger partial charge in [-0.2, -0.15) is 0 Å². The molecule has 21 heavy (non-hydrogen) atoms. The molecule has 1 aliphatic heterocycles. The number of morpholine rings is 1. The fourth-order valence-corrected chi connectivity index (χ4v) is 2.95. The molecule has 0 aliphatic carbocycles. The number of ether oxygens (including phenoxy) is 1. The lowest BCUT2D eigenvalue weighted by Crippen LogP contribution is -2.47. The van der Waals surface area contributed by atoms with Crippen LogP contribution in [-0.4, -0.2) is 41.8 Å². The van der Waals surface area contributed by atoms with Crippen LogP contribution < -0.4 is 0 Å². The molecule has 1 heterocycles. The minimum absolute atomic E-state index is 0.129. The molecule has 1 fully saturated rings. The molecule has 2 rings (SSSR count). The molecule has 0 radical (unpaired) electrons. The molecule has 0 saturated carbocycles. The lowest BCUT2D eigenvalue weighted by molar-refractivity contribution is -0.0961. The van der Waals surface area contributed by atoms with Crippen molar-refractivity contribution < 1.29 is 9.84 Å². The third-order valence-corrected chi connectivity index (χ3v) is 4.14. The summed E-state index contributed by atoms with van der Waals surface area (Å²) in [7, 11) is 0. The summed E-state index contributed by atoms with van der Waals surface area (Å²) in [5, 5.41) is 10.7. The Kier molecular flexibility index (Phi) is 5.80. The largest absolute Gasteiger partial charge is 0.386 e. The van der Waals surface area contributed by atoms with Crippen molar-refractivity contribution in [1.82, 2.24) is 4.90 Å². The molecule has 118 valence electrons. The normalized spacial score (nSPS) is 22.0. The first-order chi connectivity index (χ1) is 9.97. The number of rotatable bonds is 5. The van der Waals surface area contributed by atoms with Crippen LogP contribution in [0.1, 0.15) is 44.9 Å². The van der Waals surface area contributed by atoms with Gasteiger partial charge in [0.25, 0.3) is 0 Å². The van der Waals surface area contributed by atoms with Crippen LogP contribution in [0.15, 0.2) is 24.3 Å². The van der Waals surface area contributed by atoms with Crippen LogP contribution in [0.25, 0.3) is 0 Å². The van der Waals surface area contributed by atoms with Gasteiger partial charge >= 0.3 is 0 Å². The molecule has 2 atom stereocenters. The number of aliphatic hydroxyl groups is 1. The first-order valence-electron chi connectivity index (χ1n) is 8.10. The molecular formula is C18H29NO2. The van der Waals surface area contributed by atoms with Crippen molar-refractivity contribution in [2.75, 3.05) is 19.7 Å². The molecule has 1 aromatic rings. The monoisotopic (exact) mass is 291 g/mol. The van der Waals surface area contributed by atoms with Gasteiger partial charge < -0.3 is 9.84 Å². The van der Waals surface area contributed by atoms with Gasteiger partial charge in [0.05, 0.1) is 6.61 Å². The van der Waals surface area contributed by atoms with Gasteiger partial charge in [-0.25, -0.2) is 0 Å². The number of benzene rings is 1. The molecule has 3 nitrogen and oxygen atoms in total. The molecular weight excluding hydrogens is 262 g/mol. The SMILES string of the molecule is CC(C)Cc1cccc(C(O)C2CN(C(C)C)CCO2)c1. The predicted molar refractivity (Wildman–Crippen MR) is 86.4 cm³/mol. The number of aliphatic hydroxyl groups excluding tert-OH is 1. The van der Waals surface area contributed by atoms with E-state index in [0.29, 0.717) is 18.6 Å². The van der Waals surface area contributed by atoms with Gasteiger partial charge in [0.2, 0.25) is 0 Å². The lowest BCUT2D eigenvalue weighted by Gasteiger charge is -2.37. The molecule has 3 heteroatoms. The topological polar surface area (TPSA) is 32.7 Å². The number of hydrogen-bond donors (Lipinski definition) is 1. The summed E-state index contributed by atoms with van der Waals surface area (Å²) in [6.45, 7) is 11.3. The third kappa shape index (κ3) is 4.53. The summed E-state index contributed by atoms with van der Waals surface area (Å²) in [6, 6.07) is 8.81. The first kappa shape index (κ1) is 16.5. The minimum Gasteiger partial charge on any atom is -0.386 e. The van der Waals surface area contributed by atoms with Crippen molar-refractivity contribution in [3.63, 3.8) is 0 Å². The van der Waals surface area contributed by atoms with Crippen LogP contribution >= 0.6 is 0 Å². The lowest BCUT2D eigenvalue weighted by atomic mass is 9.96. The Morgan fingerprint density at radius 1 is 1.29 bits per heavy atom. The van der Waals surface area contributed by atoms with Gasteiger partial charge in [-0.3, -0.25) is 4.90 Å². The zero-order valence-electron chi connectivity index (χ0n) is 13.7. The van der Waals surface area contributed by atoms with E-state index in [1.54, 1.807) is 0 Å². The molecule has 0 bridgehead atoms. The molecule has 0 amide bonds. The molecule has 1 N–H and O–H groups in total. The highest BCUT2D eigenvalue weighted by molar-refractivity contribution is 5.26. The fourth-order valence-electron chi connectivity index (χ4n) is 2.95. The second kappa shape index (κ2) is 7.39. The maximum Gasteiger partial charge on any atom is 0.106 e. The van der Waals surface area contributed by atoms with E-state index in [1.165, 1.54) is 5.56 Å². The van der Waals surface area contributed by atoms with E-state index in [2.05, 4.69) is 44.7 Å². The highest BCUT2D eigenvalue weighted by atomic mass is 16.5. The Morgan fingerprint density at radius 2 is 2.05 bits per heavy atom. The molecule has 2 unspecified atom stereocenters. The fraction of sp³-hybridized carbons (Fsp3) is 0.667. The van der Waals surface area contributed by atoms with Gasteiger partial charge in [-0.15, -0.1) is 0 Å². The Labute approximate surface area is 128 Å². The summed E-state index contributed by atoms with van der Waals surface area (Å²) in [5.74, 6) is 0.625. The van der Waals surface area contributed by atoms with Gasteiger partial charge in [0.1, 0.15) is 12.2 Å².